The molecule has 31 heavy (non-hydrogen) atoms. The number of alkyl halides is 15. The lowest BCUT2D eigenvalue weighted by atomic mass is 9.86. The highest BCUT2D eigenvalue weighted by Crippen LogP contribution is 2.54. The normalized spacial score (nSPS) is 14.8. The van der Waals surface area contributed by atoms with Crippen molar-refractivity contribution < 1.29 is 65.9 Å². The van der Waals surface area contributed by atoms with Crippen LogP contribution in [-0.4, -0.2) is 18.5 Å². The van der Waals surface area contributed by atoms with Crippen LogP contribution in [0.1, 0.15) is 42.0 Å². The van der Waals surface area contributed by atoms with Gasteiger partial charge in [-0.05, 0) is 30.5 Å². The van der Waals surface area contributed by atoms with Gasteiger partial charge in [0.1, 0.15) is 0 Å². The van der Waals surface area contributed by atoms with Crippen molar-refractivity contribution in [3.63, 3.8) is 0 Å². The summed E-state index contributed by atoms with van der Waals surface area (Å²) in [6.07, 6.45) is -21.0. The van der Waals surface area contributed by atoms with Crippen molar-refractivity contribution in [3.05, 3.63) is 40.8 Å². The second-order valence-electron chi connectivity index (χ2n) is 6.19. The summed E-state index contributed by atoms with van der Waals surface area (Å²) in [5.41, 5.74) is -10.9. The Balaban J connectivity index is 4.20. The van der Waals surface area contributed by atoms with Crippen LogP contribution in [-0.2, 0) is 17.8 Å². The first kappa shape index (κ1) is 27.2. The molecule has 15 heteroatoms. The monoisotopic (exact) mass is 487 g/mol. The van der Waals surface area contributed by atoms with Gasteiger partial charge in [-0.3, -0.25) is 0 Å². The van der Waals surface area contributed by atoms with Gasteiger partial charge in [-0.15, -0.1) is 0 Å². The number of unbranched alkanes of at least 4 members (excludes halogenated alkanes) is 1. The van der Waals surface area contributed by atoms with Gasteiger partial charge in [0, 0.05) is 16.7 Å². The predicted molar refractivity (Wildman–Crippen MR) is 74.6 cm³/mol. The summed E-state index contributed by atoms with van der Waals surface area (Å²) < 4.78 is 197. The largest absolute Gasteiger partial charge is 0.458 e. The lowest BCUT2D eigenvalue weighted by Gasteiger charge is -2.30. The van der Waals surface area contributed by atoms with Crippen LogP contribution in [0.25, 0.3) is 0 Å². The number of benzene rings is 1. The summed E-state index contributed by atoms with van der Waals surface area (Å²) in [7, 11) is 0. The van der Waals surface area contributed by atoms with E-state index in [1.54, 1.807) is 0 Å². The lowest BCUT2D eigenvalue weighted by Crippen LogP contribution is -2.40. The summed E-state index contributed by atoms with van der Waals surface area (Å²) in [6.45, 7) is 1.20. The summed E-state index contributed by atoms with van der Waals surface area (Å²) in [4.78, 5) is 0. The fourth-order valence-corrected chi connectivity index (χ4v) is 2.33. The first-order valence-corrected chi connectivity index (χ1v) is 7.89. The first-order valence-electron chi connectivity index (χ1n) is 7.89. The number of halogens is 15. The number of hydrogen-bond acceptors (Lipinski definition) is 0. The van der Waals surface area contributed by atoms with Crippen LogP contribution in [0.15, 0.2) is 12.1 Å². The van der Waals surface area contributed by atoms with Gasteiger partial charge in [0.15, 0.2) is 0 Å². The van der Waals surface area contributed by atoms with Crippen LogP contribution in [0.2, 0.25) is 0 Å². The van der Waals surface area contributed by atoms with E-state index in [0.29, 0.717) is 0 Å². The molecule has 1 radical (unpaired) electrons. The average Bonchev–Trinajstić information content (AvgIpc) is 2.55. The molecule has 0 heterocycles. The highest BCUT2D eigenvalue weighted by molar-refractivity contribution is 5.50. The van der Waals surface area contributed by atoms with Crippen molar-refractivity contribution >= 4 is 0 Å². The Labute approximate surface area is 164 Å². The van der Waals surface area contributed by atoms with Gasteiger partial charge < -0.3 is 0 Å². The van der Waals surface area contributed by atoms with E-state index >= 15 is 0 Å². The molecule has 179 valence electrons. The first-order chi connectivity index (χ1) is 13.5. The van der Waals surface area contributed by atoms with Crippen LogP contribution >= 0.6 is 0 Å². The molecule has 0 N–H and O–H groups in total. The van der Waals surface area contributed by atoms with Gasteiger partial charge in [-0.2, -0.15) is 65.9 Å². The zero-order valence-corrected chi connectivity index (χ0v) is 14.8. The molecule has 0 aliphatic carbocycles. The third-order valence-corrected chi connectivity index (χ3v) is 3.92. The third-order valence-electron chi connectivity index (χ3n) is 3.92. The molecule has 1 aromatic rings. The molecule has 0 aliphatic rings. The van der Waals surface area contributed by atoms with Crippen LogP contribution < -0.4 is 0 Å². The minimum absolute atomic E-state index is 0.0550. The molecule has 0 atom stereocenters. The predicted octanol–water partition coefficient (Wildman–Crippen LogP) is 8.00. The molecule has 0 amide bonds. The summed E-state index contributed by atoms with van der Waals surface area (Å²) >= 11 is 0. The molecule has 0 spiro atoms. The van der Waals surface area contributed by atoms with E-state index in [0.717, 1.165) is 0 Å². The zero-order chi connectivity index (χ0) is 24.8. The van der Waals surface area contributed by atoms with Crippen LogP contribution in [0.5, 0.6) is 0 Å². The Morgan fingerprint density at radius 2 is 0.903 bits per heavy atom. The Kier molecular flexibility index (Phi) is 6.97. The smallest absolute Gasteiger partial charge is 0.191 e. The van der Waals surface area contributed by atoms with Crippen LogP contribution in [0.4, 0.5) is 65.9 Å². The highest BCUT2D eigenvalue weighted by atomic mass is 19.4. The molecular weight excluding hydrogens is 477 g/mol. The van der Waals surface area contributed by atoms with Gasteiger partial charge in [-0.25, -0.2) is 0 Å². The minimum atomic E-state index is -6.72. The average molecular weight is 487 g/mol. The van der Waals surface area contributed by atoms with Crippen molar-refractivity contribution in [2.24, 2.45) is 0 Å². The topological polar surface area (TPSA) is 0 Å². The molecule has 0 saturated carbocycles. The minimum Gasteiger partial charge on any atom is -0.191 e. The quantitative estimate of drug-likeness (QED) is 0.357. The molecule has 0 bridgehead atoms. The second kappa shape index (κ2) is 7.94. The van der Waals surface area contributed by atoms with Crippen molar-refractivity contribution in [1.29, 1.82) is 0 Å². The molecule has 0 unspecified atom stereocenters. The van der Waals surface area contributed by atoms with Crippen LogP contribution in [0, 0.1) is 6.42 Å². The maximum atomic E-state index is 13.9. The Hall–Kier alpha value is -1.83. The molecule has 0 fully saturated rings. The fourth-order valence-electron chi connectivity index (χ4n) is 2.33. The summed E-state index contributed by atoms with van der Waals surface area (Å²) in [5, 5.41) is 0. The molecule has 0 nitrogen and oxygen atoms in total. The number of rotatable bonds is 6. The fraction of sp³-hybridized carbons (Fsp3) is 0.562. The van der Waals surface area contributed by atoms with E-state index < -0.39 is 77.1 Å². The van der Waals surface area contributed by atoms with Gasteiger partial charge >= 0.3 is 36.3 Å². The SMILES string of the molecule is CCC[CH]c1c(C(F)(F)C(F)(F)F)cc(C(F)(F)C(F)(F)F)cc1C(F)(F)C(F)(F)F. The molecule has 0 saturated heterocycles. The number of hydrogen-bond donors (Lipinski definition) is 0. The highest BCUT2D eigenvalue weighted by Gasteiger charge is 2.65. The van der Waals surface area contributed by atoms with Gasteiger partial charge in [-0.1, -0.05) is 13.3 Å². The maximum Gasteiger partial charge on any atom is 0.458 e. The van der Waals surface area contributed by atoms with E-state index in [1.165, 1.54) is 6.92 Å². The second-order valence-corrected chi connectivity index (χ2v) is 6.19. The molecule has 0 aliphatic heterocycles. The third kappa shape index (κ3) is 4.83. The van der Waals surface area contributed by atoms with Crippen molar-refractivity contribution in [2.75, 3.05) is 0 Å². The van der Waals surface area contributed by atoms with Crippen molar-refractivity contribution in [3.8, 4) is 0 Å². The van der Waals surface area contributed by atoms with Crippen molar-refractivity contribution in [2.45, 2.75) is 56.1 Å². The summed E-state index contributed by atoms with van der Waals surface area (Å²) in [5.74, 6) is -19.0. The van der Waals surface area contributed by atoms with Gasteiger partial charge in [0.05, 0.1) is 0 Å². The molecule has 1 rings (SSSR count). The Morgan fingerprint density at radius 1 is 0.581 bits per heavy atom. The van der Waals surface area contributed by atoms with E-state index in [2.05, 4.69) is 0 Å². The van der Waals surface area contributed by atoms with E-state index in [1.807, 2.05) is 0 Å². The van der Waals surface area contributed by atoms with Crippen molar-refractivity contribution in [1.82, 2.24) is 0 Å². The van der Waals surface area contributed by atoms with E-state index in [4.69, 9.17) is 0 Å². The summed E-state index contributed by atoms with van der Waals surface area (Å²) in [6, 6.07) is -2.14. The molecule has 0 aromatic heterocycles. The molecular formula is C16H10F15. The van der Waals surface area contributed by atoms with E-state index in [9.17, 15) is 65.9 Å². The Bertz CT molecular complexity index is 733. The molecule has 1 aromatic carbocycles. The maximum absolute atomic E-state index is 13.9. The lowest BCUT2D eigenvalue weighted by molar-refractivity contribution is -0.295. The Morgan fingerprint density at radius 3 is 1.16 bits per heavy atom. The zero-order valence-electron chi connectivity index (χ0n) is 14.8. The van der Waals surface area contributed by atoms with Gasteiger partial charge in [0.25, 0.3) is 0 Å². The van der Waals surface area contributed by atoms with E-state index in [-0.39, 0.29) is 12.8 Å². The standard InChI is InChI=1S/C16H10F15/c1-2-3-4-8-9(12(19,20)15(26,27)28)5-7(11(17,18)14(23,24)25)6-10(8)13(21,22)16(29,30)31/h4-6H,2-3H2,1H3. The van der Waals surface area contributed by atoms with Gasteiger partial charge in [0.2, 0.25) is 0 Å². The van der Waals surface area contributed by atoms with Crippen LogP contribution in [0.3, 0.4) is 0 Å².